The average Bonchev–Trinajstić information content (AvgIpc) is 3.07. The number of ether oxygens (including phenoxy) is 1. The van der Waals surface area contributed by atoms with Crippen LogP contribution in [0.25, 0.3) is 0 Å². The van der Waals surface area contributed by atoms with Crippen LogP contribution in [0, 0.1) is 24.7 Å². The molecule has 5 rings (SSSR count). The molecule has 3 unspecified atom stereocenters. The van der Waals surface area contributed by atoms with Crippen molar-refractivity contribution in [3.05, 3.63) is 17.8 Å². The van der Waals surface area contributed by atoms with Crippen molar-refractivity contribution in [2.75, 3.05) is 32.8 Å². The summed E-state index contributed by atoms with van der Waals surface area (Å²) in [7, 11) is 0. The van der Waals surface area contributed by atoms with E-state index in [2.05, 4.69) is 4.98 Å². The van der Waals surface area contributed by atoms with Crippen LogP contribution in [0.3, 0.4) is 0 Å². The summed E-state index contributed by atoms with van der Waals surface area (Å²) in [5, 5.41) is 0. The normalized spacial score (nSPS) is 35.8. The van der Waals surface area contributed by atoms with Crippen LogP contribution in [-0.4, -0.2) is 65.0 Å². The molecular weight excluding hydrogens is 334 g/mol. The van der Waals surface area contributed by atoms with Gasteiger partial charge in [-0.25, -0.2) is 4.98 Å². The van der Waals surface area contributed by atoms with Crippen LogP contribution in [0.2, 0.25) is 0 Å². The zero-order valence-electron chi connectivity index (χ0n) is 15.1. The molecule has 7 nitrogen and oxygen atoms in total. The molecule has 0 bridgehead atoms. The first-order valence-electron chi connectivity index (χ1n) is 9.70. The van der Waals surface area contributed by atoms with Crippen LogP contribution in [0.15, 0.2) is 10.8 Å². The third-order valence-electron chi connectivity index (χ3n) is 6.80. The van der Waals surface area contributed by atoms with E-state index in [0.29, 0.717) is 62.0 Å². The highest BCUT2D eigenvalue weighted by molar-refractivity contribution is 5.93. The van der Waals surface area contributed by atoms with Crippen LogP contribution in [0.5, 0.6) is 0 Å². The molecule has 3 heterocycles. The quantitative estimate of drug-likeness (QED) is 0.799. The largest absolute Gasteiger partial charge is 0.448 e. The molecule has 2 aliphatic carbocycles. The highest BCUT2D eigenvalue weighted by Gasteiger charge is 2.58. The number of amides is 2. The minimum atomic E-state index is -0.425. The van der Waals surface area contributed by atoms with Gasteiger partial charge < -0.3 is 19.0 Å². The van der Waals surface area contributed by atoms with Gasteiger partial charge in [0.25, 0.3) is 5.91 Å². The number of hydrogen-bond donors (Lipinski definition) is 0. The van der Waals surface area contributed by atoms with Crippen molar-refractivity contribution in [2.45, 2.75) is 38.2 Å². The molecule has 3 atom stereocenters. The first-order chi connectivity index (χ1) is 12.6. The second kappa shape index (κ2) is 5.81. The molecule has 4 fully saturated rings. The van der Waals surface area contributed by atoms with Crippen molar-refractivity contribution in [3.8, 4) is 0 Å². The second-order valence-electron chi connectivity index (χ2n) is 8.31. The summed E-state index contributed by atoms with van der Waals surface area (Å²) in [5.74, 6) is 2.28. The maximum absolute atomic E-state index is 12.9. The Bertz CT molecular complexity index is 737. The number of fused-ring (bicyclic) bond motifs is 1. The summed E-state index contributed by atoms with van der Waals surface area (Å²) < 4.78 is 11.3. The van der Waals surface area contributed by atoms with Crippen molar-refractivity contribution >= 4 is 11.8 Å². The van der Waals surface area contributed by atoms with E-state index in [-0.39, 0.29) is 11.8 Å². The van der Waals surface area contributed by atoms with Gasteiger partial charge in [-0.2, -0.15) is 0 Å². The summed E-state index contributed by atoms with van der Waals surface area (Å²) >= 11 is 0. The molecular formula is C19H25N3O4. The van der Waals surface area contributed by atoms with E-state index in [9.17, 15) is 9.59 Å². The Hall–Kier alpha value is -1.89. The first-order valence-corrected chi connectivity index (χ1v) is 9.70. The lowest BCUT2D eigenvalue weighted by atomic mass is 9.99. The van der Waals surface area contributed by atoms with Crippen LogP contribution in [-0.2, 0) is 9.53 Å². The lowest BCUT2D eigenvalue weighted by Crippen LogP contribution is -2.55. The molecule has 2 amide bonds. The number of oxazole rings is 1. The summed E-state index contributed by atoms with van der Waals surface area (Å²) in [5.41, 5.74) is -0.0535. The number of carbonyl (C=O) groups is 2. The number of nitrogens with zero attached hydrogens (tertiary/aromatic N) is 3. The lowest BCUT2D eigenvalue weighted by molar-refractivity contribution is -0.150. The number of rotatable bonds is 2. The van der Waals surface area contributed by atoms with E-state index < -0.39 is 5.60 Å². The molecule has 1 aromatic heterocycles. The molecule has 2 saturated heterocycles. The molecule has 140 valence electrons. The van der Waals surface area contributed by atoms with Crippen molar-refractivity contribution in [3.63, 3.8) is 0 Å². The van der Waals surface area contributed by atoms with Gasteiger partial charge in [0, 0.05) is 19.0 Å². The second-order valence-corrected chi connectivity index (χ2v) is 8.31. The lowest BCUT2D eigenvalue weighted by Gasteiger charge is -2.40. The van der Waals surface area contributed by atoms with E-state index in [4.69, 9.17) is 9.15 Å². The average molecular weight is 359 g/mol. The summed E-state index contributed by atoms with van der Waals surface area (Å²) in [6.07, 6.45) is 5.78. The van der Waals surface area contributed by atoms with Crippen LogP contribution >= 0.6 is 0 Å². The fraction of sp³-hybridized carbons (Fsp3) is 0.737. The predicted octanol–water partition coefficient (Wildman–Crippen LogP) is 1.47. The van der Waals surface area contributed by atoms with E-state index >= 15 is 0 Å². The van der Waals surface area contributed by atoms with Crippen LogP contribution in [0.1, 0.15) is 41.9 Å². The Kier molecular flexibility index (Phi) is 3.64. The van der Waals surface area contributed by atoms with Gasteiger partial charge >= 0.3 is 0 Å². The smallest absolute Gasteiger partial charge is 0.276 e. The summed E-state index contributed by atoms with van der Waals surface area (Å²) in [4.78, 5) is 33.4. The predicted molar refractivity (Wildman–Crippen MR) is 91.3 cm³/mol. The molecule has 0 N–H and O–H groups in total. The van der Waals surface area contributed by atoms with Crippen molar-refractivity contribution in [1.82, 2.24) is 14.8 Å². The van der Waals surface area contributed by atoms with Gasteiger partial charge in [-0.05, 0) is 38.0 Å². The molecule has 0 aromatic carbocycles. The Morgan fingerprint density at radius 3 is 2.69 bits per heavy atom. The van der Waals surface area contributed by atoms with Gasteiger partial charge in [-0.3, -0.25) is 9.59 Å². The van der Waals surface area contributed by atoms with Crippen LogP contribution in [0.4, 0.5) is 0 Å². The Labute approximate surface area is 152 Å². The molecule has 1 aromatic rings. The van der Waals surface area contributed by atoms with Gasteiger partial charge in [0.05, 0.1) is 19.7 Å². The van der Waals surface area contributed by atoms with Crippen molar-refractivity contribution < 1.29 is 18.7 Å². The van der Waals surface area contributed by atoms with Gasteiger partial charge in [0.1, 0.15) is 11.4 Å². The first kappa shape index (κ1) is 16.3. The molecule has 26 heavy (non-hydrogen) atoms. The zero-order chi connectivity index (χ0) is 17.9. The molecule has 2 saturated carbocycles. The van der Waals surface area contributed by atoms with E-state index in [1.807, 2.05) is 4.90 Å². The molecule has 4 aliphatic rings. The number of carbonyl (C=O) groups excluding carboxylic acids is 2. The number of aryl methyl sites for hydroxylation is 1. The third kappa shape index (κ3) is 2.47. The summed E-state index contributed by atoms with van der Waals surface area (Å²) in [6.45, 7) is 4.71. The molecule has 2 aliphatic heterocycles. The van der Waals surface area contributed by atoms with Gasteiger partial charge in [0.15, 0.2) is 12.1 Å². The highest BCUT2D eigenvalue weighted by Crippen LogP contribution is 2.58. The highest BCUT2D eigenvalue weighted by atomic mass is 16.5. The zero-order valence-corrected chi connectivity index (χ0v) is 15.1. The number of likely N-dealkylation sites (tertiary alicyclic amines) is 1. The van der Waals surface area contributed by atoms with E-state index in [1.54, 1.807) is 11.8 Å². The fourth-order valence-electron chi connectivity index (χ4n) is 5.36. The van der Waals surface area contributed by atoms with Gasteiger partial charge in [0.2, 0.25) is 5.91 Å². The number of morpholine rings is 1. The van der Waals surface area contributed by atoms with Crippen LogP contribution < -0.4 is 0 Å². The maximum atomic E-state index is 12.9. The van der Waals surface area contributed by atoms with E-state index in [1.165, 1.54) is 25.7 Å². The standard InChI is InChI=1S/C19H25N3O4/c1-12-16(20-11-25-12)18(24)21-6-5-19(9-21)10-22(7-8-26-19)17(23)15-13-3-2-4-14(13)15/h11,13-15H,2-10H2,1H3. The fourth-order valence-corrected chi connectivity index (χ4v) is 5.36. The van der Waals surface area contributed by atoms with Gasteiger partial charge in [-0.1, -0.05) is 6.42 Å². The topological polar surface area (TPSA) is 75.9 Å². The summed E-state index contributed by atoms with van der Waals surface area (Å²) in [6, 6.07) is 0. The Morgan fingerprint density at radius 2 is 1.96 bits per heavy atom. The Balaban J connectivity index is 1.26. The molecule has 1 spiro atoms. The monoisotopic (exact) mass is 359 g/mol. The van der Waals surface area contributed by atoms with Gasteiger partial charge in [-0.15, -0.1) is 0 Å². The van der Waals surface area contributed by atoms with E-state index in [0.717, 1.165) is 6.42 Å². The minimum absolute atomic E-state index is 0.114. The SMILES string of the molecule is Cc1ocnc1C(=O)N1CCC2(C1)CN(C(=O)C1C3CCCC31)CCO2. The Morgan fingerprint density at radius 1 is 1.19 bits per heavy atom. The van der Waals surface area contributed by atoms with Crippen molar-refractivity contribution in [1.29, 1.82) is 0 Å². The molecule has 7 heteroatoms. The number of hydrogen-bond acceptors (Lipinski definition) is 5. The van der Waals surface area contributed by atoms with Crippen molar-refractivity contribution in [2.24, 2.45) is 17.8 Å². The minimum Gasteiger partial charge on any atom is -0.448 e. The number of aromatic nitrogens is 1. The maximum Gasteiger partial charge on any atom is 0.276 e. The third-order valence-corrected chi connectivity index (χ3v) is 6.80. The molecule has 0 radical (unpaired) electrons.